The zero-order valence-corrected chi connectivity index (χ0v) is 22.5. The molecule has 0 saturated carbocycles. The molecule has 0 amide bonds. The Morgan fingerprint density at radius 3 is 1.67 bits per heavy atom. The molecular weight excluding hydrogens is 522 g/mol. The number of aromatic nitrogens is 2. The minimum absolute atomic E-state index is 0.250. The van der Waals surface area contributed by atoms with E-state index in [1.807, 2.05) is 60.7 Å². The first-order valence-electron chi connectivity index (χ1n) is 10.0. The summed E-state index contributed by atoms with van der Waals surface area (Å²) in [6.45, 7) is 13.0. The molecular formula is C23H28FIN2OSi2. The Hall–Kier alpha value is -1.43. The topological polar surface area (TPSA) is 35.0 Å². The van der Waals surface area contributed by atoms with E-state index in [9.17, 15) is 0 Å². The predicted molar refractivity (Wildman–Crippen MR) is 135 cm³/mol. The quantitative estimate of drug-likeness (QED) is 0.283. The van der Waals surface area contributed by atoms with E-state index in [0.717, 1.165) is 16.4 Å². The molecule has 1 heterocycles. The summed E-state index contributed by atoms with van der Waals surface area (Å²) in [5.74, 6) is -0.577. The first-order valence-corrected chi connectivity index (χ1v) is 18.0. The van der Waals surface area contributed by atoms with Gasteiger partial charge in [-0.25, -0.2) is 4.98 Å². The molecule has 3 rings (SSSR count). The summed E-state index contributed by atoms with van der Waals surface area (Å²) in [5, 5.41) is 0.898. The van der Waals surface area contributed by atoms with Gasteiger partial charge in [0.2, 0.25) is 5.95 Å². The summed E-state index contributed by atoms with van der Waals surface area (Å²) >= 11 is 2.10. The van der Waals surface area contributed by atoms with Crippen LogP contribution in [0.3, 0.4) is 0 Å². The number of halogens is 2. The fourth-order valence-electron chi connectivity index (χ4n) is 3.51. The van der Waals surface area contributed by atoms with Gasteiger partial charge in [0.1, 0.15) is 17.5 Å². The maximum atomic E-state index is 15.6. The van der Waals surface area contributed by atoms with Gasteiger partial charge in [-0.1, -0.05) is 80.3 Å². The molecule has 0 radical (unpaired) electrons. The molecule has 0 bridgehead atoms. The minimum Gasteiger partial charge on any atom is -0.399 e. The van der Waals surface area contributed by atoms with Crippen LogP contribution in [0.15, 0.2) is 60.7 Å². The molecule has 0 aliphatic carbocycles. The fourth-order valence-corrected chi connectivity index (χ4v) is 8.64. The lowest BCUT2D eigenvalue weighted by Gasteiger charge is -2.40. The number of hydrogen-bond donors (Lipinski definition) is 0. The number of nitrogens with zero attached hydrogens (tertiary/aromatic N) is 2. The first-order chi connectivity index (χ1) is 13.9. The molecule has 1 aromatic heterocycles. The molecule has 158 valence electrons. The molecule has 0 aliphatic heterocycles. The summed E-state index contributed by atoms with van der Waals surface area (Å²) < 4.78 is 23.1. The molecule has 3 nitrogen and oxygen atoms in total. The maximum absolute atomic E-state index is 15.6. The third kappa shape index (κ3) is 4.74. The lowest BCUT2D eigenvalue weighted by Crippen LogP contribution is -2.48. The van der Waals surface area contributed by atoms with Crippen molar-refractivity contribution >= 4 is 44.3 Å². The third-order valence-electron chi connectivity index (χ3n) is 4.67. The molecule has 0 N–H and O–H groups in total. The monoisotopic (exact) mass is 550 g/mol. The van der Waals surface area contributed by atoms with Gasteiger partial charge in [-0.15, -0.1) is 0 Å². The highest BCUT2D eigenvalue weighted by Crippen LogP contribution is 2.42. The van der Waals surface area contributed by atoms with Crippen LogP contribution in [0.5, 0.6) is 0 Å². The third-order valence-corrected chi connectivity index (χ3v) is 8.62. The van der Waals surface area contributed by atoms with Crippen molar-refractivity contribution in [3.8, 4) is 0 Å². The lowest BCUT2D eigenvalue weighted by molar-refractivity contribution is 0.135. The SMILES string of the molecule is C[Si](C)(C)OC(c1ccccc1)(c1ccccc1)c1nc([Si](C)(C)C)c(I)nc1F. The van der Waals surface area contributed by atoms with Crippen LogP contribution in [0.25, 0.3) is 0 Å². The van der Waals surface area contributed by atoms with Crippen molar-refractivity contribution in [2.75, 3.05) is 0 Å². The number of hydrogen-bond acceptors (Lipinski definition) is 3. The predicted octanol–water partition coefficient (Wildman–Crippen LogP) is 5.91. The minimum atomic E-state index is -2.17. The van der Waals surface area contributed by atoms with E-state index < -0.39 is 27.9 Å². The molecule has 0 atom stereocenters. The van der Waals surface area contributed by atoms with E-state index >= 15 is 4.39 Å². The van der Waals surface area contributed by atoms with E-state index in [1.54, 1.807) is 0 Å². The van der Waals surface area contributed by atoms with Crippen molar-refractivity contribution in [3.63, 3.8) is 0 Å². The number of benzene rings is 2. The number of rotatable bonds is 6. The van der Waals surface area contributed by atoms with Crippen LogP contribution in [-0.4, -0.2) is 26.4 Å². The average Bonchev–Trinajstić information content (AvgIpc) is 2.66. The van der Waals surface area contributed by atoms with Gasteiger partial charge >= 0.3 is 0 Å². The van der Waals surface area contributed by atoms with Crippen molar-refractivity contribution in [2.24, 2.45) is 0 Å². The van der Waals surface area contributed by atoms with Gasteiger partial charge in [-0.05, 0) is 53.4 Å². The van der Waals surface area contributed by atoms with Crippen molar-refractivity contribution in [1.82, 2.24) is 9.97 Å². The van der Waals surface area contributed by atoms with Crippen LogP contribution in [-0.2, 0) is 10.0 Å². The van der Waals surface area contributed by atoms with Crippen molar-refractivity contribution < 1.29 is 8.82 Å². The van der Waals surface area contributed by atoms with Gasteiger partial charge in [0, 0.05) is 0 Å². The first kappa shape index (κ1) is 23.2. The Labute approximate surface area is 194 Å². The lowest BCUT2D eigenvalue weighted by atomic mass is 9.83. The largest absolute Gasteiger partial charge is 0.399 e. The maximum Gasteiger partial charge on any atom is 0.239 e. The van der Waals surface area contributed by atoms with E-state index in [4.69, 9.17) is 9.41 Å². The zero-order valence-electron chi connectivity index (χ0n) is 18.3. The van der Waals surface area contributed by atoms with Crippen LogP contribution < -0.4 is 5.32 Å². The van der Waals surface area contributed by atoms with Crippen LogP contribution in [0.2, 0.25) is 39.3 Å². The van der Waals surface area contributed by atoms with Gasteiger partial charge in [-0.2, -0.15) is 4.39 Å². The Balaban J connectivity index is 2.46. The smallest absolute Gasteiger partial charge is 0.239 e. The molecule has 0 fully saturated rings. The highest BCUT2D eigenvalue weighted by Gasteiger charge is 2.46. The van der Waals surface area contributed by atoms with Gasteiger partial charge in [0.05, 0.1) is 5.32 Å². The van der Waals surface area contributed by atoms with Crippen LogP contribution in [0.4, 0.5) is 4.39 Å². The normalized spacial score (nSPS) is 12.8. The van der Waals surface area contributed by atoms with Crippen molar-refractivity contribution in [1.29, 1.82) is 0 Å². The van der Waals surface area contributed by atoms with Crippen LogP contribution in [0.1, 0.15) is 16.8 Å². The summed E-state index contributed by atoms with van der Waals surface area (Å²) in [6.07, 6.45) is 0. The Morgan fingerprint density at radius 1 is 0.800 bits per heavy atom. The van der Waals surface area contributed by atoms with Gasteiger partial charge in [0.15, 0.2) is 13.9 Å². The summed E-state index contributed by atoms with van der Waals surface area (Å²) in [7, 11) is -4.03. The second kappa shape index (κ2) is 8.60. The molecule has 3 aromatic rings. The molecule has 0 spiro atoms. The van der Waals surface area contributed by atoms with Crippen molar-refractivity contribution in [3.05, 3.63) is 87.1 Å². The van der Waals surface area contributed by atoms with Gasteiger partial charge < -0.3 is 4.43 Å². The fraction of sp³-hybridized carbons (Fsp3) is 0.304. The van der Waals surface area contributed by atoms with E-state index in [2.05, 4.69) is 66.9 Å². The summed E-state index contributed by atoms with van der Waals surface area (Å²) in [6, 6.07) is 19.7. The molecule has 0 saturated heterocycles. The van der Waals surface area contributed by atoms with Gasteiger partial charge in [0.25, 0.3) is 0 Å². The molecule has 30 heavy (non-hydrogen) atoms. The van der Waals surface area contributed by atoms with E-state index in [0.29, 0.717) is 3.70 Å². The average molecular weight is 551 g/mol. The Bertz CT molecular complexity index is 980. The second-order valence-corrected chi connectivity index (χ2v) is 19.8. The molecule has 2 aromatic carbocycles. The van der Waals surface area contributed by atoms with Gasteiger partial charge in [-0.3, -0.25) is 4.98 Å². The second-order valence-electron chi connectivity index (χ2n) is 9.38. The van der Waals surface area contributed by atoms with Crippen LogP contribution in [0, 0.1) is 9.65 Å². The Kier molecular flexibility index (Phi) is 6.67. The summed E-state index contributed by atoms with van der Waals surface area (Å²) in [4.78, 5) is 9.28. The highest BCUT2D eigenvalue weighted by molar-refractivity contribution is 14.1. The molecule has 7 heteroatoms. The Morgan fingerprint density at radius 2 is 1.27 bits per heavy atom. The standard InChI is InChI=1S/C23H28FIN2OSi2/c1-29(2,3)22-21(25)27-20(24)19(26-22)23(28-30(4,5)6,17-13-9-7-10-14-17)18-15-11-8-12-16-18/h7-16H,1-6H3. The zero-order chi connectivity index (χ0) is 22.2. The summed E-state index contributed by atoms with van der Waals surface area (Å²) in [5.41, 5.74) is 0.798. The van der Waals surface area contributed by atoms with E-state index in [1.165, 1.54) is 0 Å². The van der Waals surface area contributed by atoms with Crippen LogP contribution >= 0.6 is 22.6 Å². The van der Waals surface area contributed by atoms with E-state index in [-0.39, 0.29) is 5.69 Å². The molecule has 0 unspecified atom stereocenters. The highest BCUT2D eigenvalue weighted by atomic mass is 127. The van der Waals surface area contributed by atoms with Crippen molar-refractivity contribution in [2.45, 2.75) is 44.9 Å². The molecule has 0 aliphatic rings.